The summed E-state index contributed by atoms with van der Waals surface area (Å²) in [6.45, 7) is 0. The van der Waals surface area contributed by atoms with Gasteiger partial charge in [0.05, 0.1) is 0 Å². The fourth-order valence-corrected chi connectivity index (χ4v) is 7.05. The monoisotopic (exact) mass is 572 g/mol. The minimum atomic E-state index is 0.912. The Balaban J connectivity index is 1.35. The zero-order valence-electron chi connectivity index (χ0n) is 24.6. The predicted molar refractivity (Wildman–Crippen MR) is 190 cm³/mol. The molecular weight excluding hydrogens is 544 g/mol. The van der Waals surface area contributed by atoms with Crippen molar-refractivity contribution in [1.82, 2.24) is 0 Å². The fourth-order valence-electron chi connectivity index (χ4n) is 7.05. The van der Waals surface area contributed by atoms with E-state index in [1.165, 1.54) is 66.1 Å². The van der Waals surface area contributed by atoms with Crippen molar-refractivity contribution in [2.24, 2.45) is 0 Å². The van der Waals surface area contributed by atoms with Gasteiger partial charge in [-0.3, -0.25) is 0 Å². The molecule has 0 saturated heterocycles. The molecule has 1 nitrogen and oxygen atoms in total. The third kappa shape index (κ3) is 4.17. The predicted octanol–water partition coefficient (Wildman–Crippen LogP) is 12.6. The van der Waals surface area contributed by atoms with E-state index in [9.17, 15) is 0 Å². The van der Waals surface area contributed by atoms with Gasteiger partial charge in [-0.2, -0.15) is 0 Å². The van der Waals surface area contributed by atoms with Gasteiger partial charge in [-0.1, -0.05) is 152 Å². The first-order valence-electron chi connectivity index (χ1n) is 15.4. The van der Waals surface area contributed by atoms with Crippen LogP contribution < -0.4 is 0 Å². The molecule has 0 aliphatic heterocycles. The van der Waals surface area contributed by atoms with Crippen LogP contribution >= 0.6 is 0 Å². The number of furan rings is 1. The molecule has 1 heteroatoms. The van der Waals surface area contributed by atoms with E-state index in [2.05, 4.69) is 164 Å². The van der Waals surface area contributed by atoms with Crippen LogP contribution in [0.1, 0.15) is 0 Å². The van der Waals surface area contributed by atoms with Crippen molar-refractivity contribution in [1.29, 1.82) is 0 Å². The lowest BCUT2D eigenvalue weighted by Crippen LogP contribution is -1.92. The molecule has 9 aromatic rings. The molecule has 0 aliphatic rings. The van der Waals surface area contributed by atoms with Crippen molar-refractivity contribution in [3.8, 4) is 44.5 Å². The Hall–Kier alpha value is -5.92. The molecule has 0 spiro atoms. The normalized spacial score (nSPS) is 11.6. The maximum atomic E-state index is 6.27. The Bertz CT molecular complexity index is 2500. The molecule has 0 amide bonds. The minimum Gasteiger partial charge on any atom is -0.456 e. The molecule has 1 aromatic heterocycles. The maximum absolute atomic E-state index is 6.27. The molecule has 1 heterocycles. The summed E-state index contributed by atoms with van der Waals surface area (Å²) in [6, 6.07) is 61.0. The molecular formula is C44H28O. The number of hydrogen-bond acceptors (Lipinski definition) is 1. The molecule has 0 aliphatic carbocycles. The Labute approximate surface area is 261 Å². The van der Waals surface area contributed by atoms with Gasteiger partial charge in [0.1, 0.15) is 11.2 Å². The zero-order valence-corrected chi connectivity index (χ0v) is 24.6. The number of para-hydroxylation sites is 1. The van der Waals surface area contributed by atoms with Crippen LogP contribution in [0.25, 0.3) is 88.0 Å². The average Bonchev–Trinajstić information content (AvgIpc) is 3.50. The van der Waals surface area contributed by atoms with Crippen LogP contribution in [0, 0.1) is 0 Å². The van der Waals surface area contributed by atoms with Gasteiger partial charge in [0.15, 0.2) is 0 Å². The molecule has 0 unspecified atom stereocenters. The molecule has 9 rings (SSSR count). The highest BCUT2D eigenvalue weighted by Gasteiger charge is 2.19. The van der Waals surface area contributed by atoms with E-state index in [0.29, 0.717) is 0 Å². The summed E-state index contributed by atoms with van der Waals surface area (Å²) in [6.07, 6.45) is 0. The topological polar surface area (TPSA) is 13.1 Å². The molecule has 0 saturated carbocycles. The number of fused-ring (bicyclic) bond motifs is 5. The van der Waals surface area contributed by atoms with Crippen LogP contribution in [-0.2, 0) is 0 Å². The molecule has 45 heavy (non-hydrogen) atoms. The summed E-state index contributed by atoms with van der Waals surface area (Å²) < 4.78 is 6.27. The fraction of sp³-hybridized carbons (Fsp3) is 0. The highest BCUT2D eigenvalue weighted by molar-refractivity contribution is 6.22. The Morgan fingerprint density at radius 2 is 0.778 bits per heavy atom. The van der Waals surface area contributed by atoms with Gasteiger partial charge in [-0.05, 0) is 84.3 Å². The van der Waals surface area contributed by atoms with Gasteiger partial charge in [0.2, 0.25) is 0 Å². The first-order valence-corrected chi connectivity index (χ1v) is 15.4. The standard InChI is InChI=1S/C44H28O/c1-3-12-29(13-4-1)30-22-24-32(25-23-30)42-35-16-7-8-17-36(35)43(31-14-5-2-6-15-31)39-28-33(26-27-37(39)42)34-19-11-21-41-44(34)38-18-9-10-20-40(38)45-41/h1-28H. The van der Waals surface area contributed by atoms with E-state index in [1.807, 2.05) is 6.07 Å². The lowest BCUT2D eigenvalue weighted by atomic mass is 9.84. The lowest BCUT2D eigenvalue weighted by Gasteiger charge is -2.19. The number of rotatable bonds is 4. The van der Waals surface area contributed by atoms with Crippen LogP contribution in [0.3, 0.4) is 0 Å². The number of benzene rings is 8. The molecule has 210 valence electrons. The summed E-state index contributed by atoms with van der Waals surface area (Å²) >= 11 is 0. The van der Waals surface area contributed by atoms with Crippen LogP contribution in [-0.4, -0.2) is 0 Å². The molecule has 0 atom stereocenters. The lowest BCUT2D eigenvalue weighted by molar-refractivity contribution is 0.669. The SMILES string of the molecule is c1ccc(-c2ccc(-c3c4ccccc4c(-c4ccccc4)c4cc(-c5cccc6oc7ccccc7c56)ccc34)cc2)cc1. The van der Waals surface area contributed by atoms with Crippen molar-refractivity contribution < 1.29 is 4.42 Å². The Kier molecular flexibility index (Phi) is 5.89. The molecule has 0 fully saturated rings. The van der Waals surface area contributed by atoms with Gasteiger partial charge in [0, 0.05) is 10.8 Å². The van der Waals surface area contributed by atoms with Crippen molar-refractivity contribution in [3.05, 3.63) is 170 Å². The molecule has 0 bridgehead atoms. The van der Waals surface area contributed by atoms with Crippen LogP contribution in [0.2, 0.25) is 0 Å². The van der Waals surface area contributed by atoms with E-state index in [1.54, 1.807) is 0 Å². The van der Waals surface area contributed by atoms with Crippen LogP contribution in [0.15, 0.2) is 174 Å². The summed E-state index contributed by atoms with van der Waals surface area (Å²) in [5.74, 6) is 0. The van der Waals surface area contributed by atoms with Gasteiger partial charge in [-0.25, -0.2) is 0 Å². The van der Waals surface area contributed by atoms with Gasteiger partial charge >= 0.3 is 0 Å². The Morgan fingerprint density at radius 1 is 0.289 bits per heavy atom. The van der Waals surface area contributed by atoms with Crippen molar-refractivity contribution >= 4 is 43.5 Å². The second-order valence-corrected chi connectivity index (χ2v) is 11.6. The van der Waals surface area contributed by atoms with Crippen molar-refractivity contribution in [3.63, 3.8) is 0 Å². The van der Waals surface area contributed by atoms with Crippen molar-refractivity contribution in [2.75, 3.05) is 0 Å². The average molecular weight is 573 g/mol. The van der Waals surface area contributed by atoms with E-state index < -0.39 is 0 Å². The molecule has 8 aromatic carbocycles. The maximum Gasteiger partial charge on any atom is 0.136 e. The summed E-state index contributed by atoms with van der Waals surface area (Å²) in [7, 11) is 0. The second-order valence-electron chi connectivity index (χ2n) is 11.6. The third-order valence-electron chi connectivity index (χ3n) is 9.08. The summed E-state index contributed by atoms with van der Waals surface area (Å²) in [4.78, 5) is 0. The highest BCUT2D eigenvalue weighted by Crippen LogP contribution is 2.46. The second kappa shape index (κ2) is 10.4. The Morgan fingerprint density at radius 3 is 1.51 bits per heavy atom. The van der Waals surface area contributed by atoms with E-state index in [-0.39, 0.29) is 0 Å². The van der Waals surface area contributed by atoms with Gasteiger partial charge in [-0.15, -0.1) is 0 Å². The van der Waals surface area contributed by atoms with Crippen LogP contribution in [0.4, 0.5) is 0 Å². The summed E-state index contributed by atoms with van der Waals surface area (Å²) in [5.41, 5.74) is 11.6. The highest BCUT2D eigenvalue weighted by atomic mass is 16.3. The van der Waals surface area contributed by atoms with Gasteiger partial charge < -0.3 is 4.42 Å². The third-order valence-corrected chi connectivity index (χ3v) is 9.08. The van der Waals surface area contributed by atoms with Crippen LogP contribution in [0.5, 0.6) is 0 Å². The van der Waals surface area contributed by atoms with E-state index >= 15 is 0 Å². The molecule has 0 radical (unpaired) electrons. The quantitative estimate of drug-likeness (QED) is 0.191. The minimum absolute atomic E-state index is 0.912. The molecule has 0 N–H and O–H groups in total. The van der Waals surface area contributed by atoms with Crippen molar-refractivity contribution in [2.45, 2.75) is 0 Å². The first-order chi connectivity index (χ1) is 22.3. The number of hydrogen-bond donors (Lipinski definition) is 0. The zero-order chi connectivity index (χ0) is 29.7. The van der Waals surface area contributed by atoms with Gasteiger partial charge in [0.25, 0.3) is 0 Å². The summed E-state index contributed by atoms with van der Waals surface area (Å²) in [5, 5.41) is 7.29. The van der Waals surface area contributed by atoms with E-state index in [4.69, 9.17) is 4.42 Å². The largest absolute Gasteiger partial charge is 0.456 e. The van der Waals surface area contributed by atoms with E-state index in [0.717, 1.165) is 21.9 Å². The smallest absolute Gasteiger partial charge is 0.136 e. The first kappa shape index (κ1) is 25.6.